The van der Waals surface area contributed by atoms with Crippen LogP contribution < -0.4 is 5.32 Å². The summed E-state index contributed by atoms with van der Waals surface area (Å²) in [6.07, 6.45) is 6.11. The number of nitrogens with one attached hydrogen (secondary N) is 2. The maximum atomic E-state index is 13.0. The van der Waals surface area contributed by atoms with Gasteiger partial charge in [-0.05, 0) is 19.8 Å². The van der Waals surface area contributed by atoms with E-state index in [0.29, 0.717) is 47.6 Å². The molecule has 12 heteroatoms. The number of fused-ring (bicyclic) bond motifs is 2. The number of hydrogen-bond donors (Lipinski definition) is 2. The Balaban J connectivity index is 1.24. The summed E-state index contributed by atoms with van der Waals surface area (Å²) >= 11 is 0. The van der Waals surface area contributed by atoms with E-state index in [1.54, 1.807) is 25.5 Å². The summed E-state index contributed by atoms with van der Waals surface area (Å²) < 4.78 is 39.1. The van der Waals surface area contributed by atoms with Gasteiger partial charge < -0.3 is 24.3 Å². The number of rotatable bonds is 5. The fraction of sp³-hybridized carbons (Fsp3) is 0.500. The summed E-state index contributed by atoms with van der Waals surface area (Å²) in [4.78, 5) is 25.4. The van der Waals surface area contributed by atoms with Crippen LogP contribution in [0.4, 0.5) is 14.7 Å². The molecule has 10 nitrogen and oxygen atoms in total. The number of H-pyrrole nitrogens is 1. The first-order valence-corrected chi connectivity index (χ1v) is 11.4. The predicted molar refractivity (Wildman–Crippen MR) is 119 cm³/mol. The van der Waals surface area contributed by atoms with Crippen LogP contribution in [-0.4, -0.2) is 65.9 Å². The van der Waals surface area contributed by atoms with Crippen molar-refractivity contribution in [3.63, 3.8) is 0 Å². The lowest BCUT2D eigenvalue weighted by molar-refractivity contribution is -0.177. The normalized spacial score (nSPS) is 18.6. The zero-order chi connectivity index (χ0) is 23.3. The SMILES string of the molecule is Cc1nc2ncc(-c3c[nH]c4nc(NC5CCC6(CC5)OCCO6)ncc34)nc2n1CC(F)F. The molecule has 2 fully saturated rings. The molecule has 34 heavy (non-hydrogen) atoms. The minimum absolute atomic E-state index is 0.247. The number of imidazole rings is 1. The summed E-state index contributed by atoms with van der Waals surface area (Å²) in [7, 11) is 0. The van der Waals surface area contributed by atoms with E-state index < -0.39 is 18.8 Å². The summed E-state index contributed by atoms with van der Waals surface area (Å²) in [5.41, 5.74) is 2.60. The fourth-order valence-corrected chi connectivity index (χ4v) is 4.85. The first-order valence-electron chi connectivity index (χ1n) is 11.4. The number of nitrogens with zero attached hydrogens (tertiary/aromatic N) is 6. The molecule has 0 aromatic carbocycles. The van der Waals surface area contributed by atoms with Crippen LogP contribution in [0.1, 0.15) is 31.5 Å². The summed E-state index contributed by atoms with van der Waals surface area (Å²) in [6.45, 7) is 2.52. The van der Waals surface area contributed by atoms with Gasteiger partial charge in [0.25, 0.3) is 6.43 Å². The molecule has 2 N–H and O–H groups in total. The lowest BCUT2D eigenvalue weighted by Gasteiger charge is -2.35. The zero-order valence-electron chi connectivity index (χ0n) is 18.6. The van der Waals surface area contributed by atoms with Crippen molar-refractivity contribution in [1.29, 1.82) is 0 Å². The van der Waals surface area contributed by atoms with E-state index in [4.69, 9.17) is 9.47 Å². The van der Waals surface area contributed by atoms with E-state index >= 15 is 0 Å². The molecule has 4 aromatic heterocycles. The molecule has 0 unspecified atom stereocenters. The van der Waals surface area contributed by atoms with Crippen LogP contribution in [0, 0.1) is 6.92 Å². The standard InChI is InChI=1S/C22H24F2N8O2/c1-12-28-19-20(32(12)11-17(23)24)30-16(10-26-19)14-8-25-18-15(14)9-27-21(31-18)29-13-2-4-22(5-3-13)33-6-7-34-22/h8-10,13,17H,2-7,11H2,1H3,(H2,25,27,29,31). The number of aromatic amines is 1. The molecule has 6 rings (SSSR count). The van der Waals surface area contributed by atoms with Crippen molar-refractivity contribution < 1.29 is 18.3 Å². The molecule has 1 aliphatic heterocycles. The first-order chi connectivity index (χ1) is 16.5. The predicted octanol–water partition coefficient (Wildman–Crippen LogP) is 3.44. The van der Waals surface area contributed by atoms with Gasteiger partial charge in [-0.2, -0.15) is 4.98 Å². The van der Waals surface area contributed by atoms with Gasteiger partial charge in [0, 0.05) is 42.2 Å². The third kappa shape index (κ3) is 3.76. The highest BCUT2D eigenvalue weighted by Crippen LogP contribution is 2.36. The maximum absolute atomic E-state index is 13.0. The minimum Gasteiger partial charge on any atom is -0.351 e. The van der Waals surface area contributed by atoms with Crippen molar-refractivity contribution in [3.8, 4) is 11.3 Å². The second kappa shape index (κ2) is 8.20. The van der Waals surface area contributed by atoms with Gasteiger partial charge in [0.15, 0.2) is 17.1 Å². The number of alkyl halides is 2. The Kier molecular flexibility index (Phi) is 5.14. The molecule has 5 heterocycles. The second-order valence-electron chi connectivity index (χ2n) is 8.75. The highest BCUT2D eigenvalue weighted by Gasteiger charge is 2.40. The van der Waals surface area contributed by atoms with Crippen molar-refractivity contribution in [2.75, 3.05) is 18.5 Å². The number of aryl methyl sites for hydroxylation is 1. The number of aromatic nitrogens is 7. The van der Waals surface area contributed by atoms with Crippen LogP contribution in [0.2, 0.25) is 0 Å². The van der Waals surface area contributed by atoms with E-state index in [1.165, 1.54) is 4.57 Å². The van der Waals surface area contributed by atoms with Crippen molar-refractivity contribution >= 4 is 28.3 Å². The van der Waals surface area contributed by atoms with Crippen molar-refractivity contribution in [2.24, 2.45) is 0 Å². The van der Waals surface area contributed by atoms with Crippen LogP contribution >= 0.6 is 0 Å². The Morgan fingerprint density at radius 3 is 2.71 bits per heavy atom. The van der Waals surface area contributed by atoms with Crippen molar-refractivity contribution in [1.82, 2.24) is 34.5 Å². The number of hydrogen-bond acceptors (Lipinski definition) is 8. The zero-order valence-corrected chi connectivity index (χ0v) is 18.6. The largest absolute Gasteiger partial charge is 0.351 e. The molecule has 1 spiro atoms. The van der Waals surface area contributed by atoms with Gasteiger partial charge in [0.1, 0.15) is 11.5 Å². The van der Waals surface area contributed by atoms with Gasteiger partial charge in [0.2, 0.25) is 5.95 Å². The van der Waals surface area contributed by atoms with Gasteiger partial charge in [0.05, 0.1) is 31.6 Å². The average Bonchev–Trinajstić information content (AvgIpc) is 3.53. The quantitative estimate of drug-likeness (QED) is 0.456. The van der Waals surface area contributed by atoms with Gasteiger partial charge in [-0.1, -0.05) is 0 Å². The van der Waals surface area contributed by atoms with Crippen molar-refractivity contribution in [2.45, 2.75) is 57.4 Å². The number of anilines is 1. The van der Waals surface area contributed by atoms with E-state index in [1.807, 2.05) is 0 Å². The maximum Gasteiger partial charge on any atom is 0.256 e. The van der Waals surface area contributed by atoms with E-state index in [9.17, 15) is 8.78 Å². The van der Waals surface area contributed by atoms with Gasteiger partial charge in [-0.15, -0.1) is 0 Å². The third-order valence-corrected chi connectivity index (χ3v) is 6.57. The van der Waals surface area contributed by atoms with Crippen LogP contribution in [0.25, 0.3) is 33.6 Å². The van der Waals surface area contributed by atoms with Gasteiger partial charge in [-0.25, -0.2) is 28.7 Å². The van der Waals surface area contributed by atoms with Gasteiger partial charge >= 0.3 is 0 Å². The molecule has 1 aliphatic carbocycles. The number of halogens is 2. The van der Waals surface area contributed by atoms with Crippen LogP contribution in [0.3, 0.4) is 0 Å². The molecule has 0 amide bonds. The molecule has 4 aromatic rings. The molecule has 2 aliphatic rings. The van der Waals surface area contributed by atoms with E-state index in [-0.39, 0.29) is 6.04 Å². The molecular formula is C22H24F2N8O2. The lowest BCUT2D eigenvalue weighted by Crippen LogP contribution is -2.39. The molecule has 1 saturated carbocycles. The monoisotopic (exact) mass is 470 g/mol. The second-order valence-corrected chi connectivity index (χ2v) is 8.75. The highest BCUT2D eigenvalue weighted by atomic mass is 19.3. The molecule has 0 radical (unpaired) electrons. The molecular weight excluding hydrogens is 446 g/mol. The lowest BCUT2D eigenvalue weighted by atomic mass is 9.90. The Morgan fingerprint density at radius 2 is 1.94 bits per heavy atom. The molecule has 178 valence electrons. The summed E-state index contributed by atoms with van der Waals surface area (Å²) in [6, 6.07) is 0.247. The van der Waals surface area contributed by atoms with E-state index in [0.717, 1.165) is 36.6 Å². The van der Waals surface area contributed by atoms with Crippen LogP contribution in [0.15, 0.2) is 18.6 Å². The minimum atomic E-state index is -2.51. The molecule has 0 bridgehead atoms. The molecule has 0 atom stereocenters. The van der Waals surface area contributed by atoms with Crippen molar-refractivity contribution in [3.05, 3.63) is 24.4 Å². The fourth-order valence-electron chi connectivity index (χ4n) is 4.85. The third-order valence-electron chi connectivity index (χ3n) is 6.57. The Labute approximate surface area is 193 Å². The first kappa shape index (κ1) is 21.3. The van der Waals surface area contributed by atoms with Crippen LogP contribution in [0.5, 0.6) is 0 Å². The number of ether oxygens (including phenoxy) is 2. The summed E-state index contributed by atoms with van der Waals surface area (Å²) in [5, 5.41) is 4.19. The van der Waals surface area contributed by atoms with Crippen LogP contribution in [-0.2, 0) is 16.0 Å². The Hall–Kier alpha value is -3.25. The topological polar surface area (TPSA) is 116 Å². The van der Waals surface area contributed by atoms with Gasteiger partial charge in [-0.3, -0.25) is 0 Å². The highest BCUT2D eigenvalue weighted by molar-refractivity contribution is 5.93. The summed E-state index contributed by atoms with van der Waals surface area (Å²) in [5.74, 6) is 0.593. The Morgan fingerprint density at radius 1 is 1.15 bits per heavy atom. The Bertz CT molecular complexity index is 1340. The smallest absolute Gasteiger partial charge is 0.256 e. The van der Waals surface area contributed by atoms with E-state index in [2.05, 4.69) is 35.2 Å². The average molecular weight is 470 g/mol. The molecule has 1 saturated heterocycles.